The van der Waals surface area contributed by atoms with Crippen LogP contribution in [0.15, 0.2) is 41.9 Å². The van der Waals surface area contributed by atoms with Crippen molar-refractivity contribution in [1.29, 1.82) is 0 Å². The summed E-state index contributed by atoms with van der Waals surface area (Å²) in [6.45, 7) is 0. The third kappa shape index (κ3) is 2.60. The van der Waals surface area contributed by atoms with Crippen molar-refractivity contribution >= 4 is 11.6 Å². The molecule has 1 rings (SSSR count). The highest BCUT2D eigenvalue weighted by Crippen LogP contribution is 2.13. The molecule has 0 heterocycles. The van der Waals surface area contributed by atoms with Crippen LogP contribution < -0.4 is 4.74 Å². The molecule has 0 radical (unpaired) electrons. The summed E-state index contributed by atoms with van der Waals surface area (Å²) in [7, 11) is 0. The van der Waals surface area contributed by atoms with Crippen molar-refractivity contribution < 1.29 is 9.13 Å². The Bertz CT molecular complexity index is 246. The second kappa shape index (κ2) is 3.98. The van der Waals surface area contributed by atoms with Crippen LogP contribution in [0.4, 0.5) is 4.39 Å². The minimum Gasteiger partial charge on any atom is -0.431 e. The number of halogens is 2. The van der Waals surface area contributed by atoms with Crippen molar-refractivity contribution in [3.05, 3.63) is 41.9 Å². The van der Waals surface area contributed by atoms with Gasteiger partial charge >= 0.3 is 0 Å². The lowest BCUT2D eigenvalue weighted by Gasteiger charge is -1.99. The molecule has 0 atom stereocenters. The Labute approximate surface area is 69.1 Å². The molecule has 1 aromatic carbocycles. The zero-order chi connectivity index (χ0) is 8.10. The Morgan fingerprint density at radius 2 is 2.00 bits per heavy atom. The van der Waals surface area contributed by atoms with Gasteiger partial charge in [-0.15, -0.1) is 0 Å². The van der Waals surface area contributed by atoms with Crippen molar-refractivity contribution in [2.75, 3.05) is 0 Å². The molecular formula is C8H6ClFO. The van der Waals surface area contributed by atoms with Crippen LogP contribution in [-0.2, 0) is 0 Å². The molecule has 0 aliphatic rings. The molecule has 0 fully saturated rings. The molecule has 0 saturated carbocycles. The summed E-state index contributed by atoms with van der Waals surface area (Å²) in [6.07, 6.45) is 0. The number of rotatable bonds is 2. The number of ether oxygens (including phenoxy) is 1. The smallest absolute Gasteiger partial charge is 0.289 e. The maximum absolute atomic E-state index is 12.3. The Balaban J connectivity index is 2.65. The van der Waals surface area contributed by atoms with E-state index in [0.29, 0.717) is 5.75 Å². The normalized spacial score (nSPS) is 11.3. The van der Waals surface area contributed by atoms with Gasteiger partial charge in [0, 0.05) is 0 Å². The largest absolute Gasteiger partial charge is 0.431 e. The summed E-state index contributed by atoms with van der Waals surface area (Å²) in [5.74, 6) is 0.432. The molecular weight excluding hydrogens is 167 g/mol. The van der Waals surface area contributed by atoms with E-state index in [2.05, 4.69) is 4.74 Å². The van der Waals surface area contributed by atoms with Crippen LogP contribution in [0.25, 0.3) is 0 Å². The molecule has 0 saturated heterocycles. The van der Waals surface area contributed by atoms with Crippen LogP contribution in [0.2, 0.25) is 0 Å². The first-order valence-corrected chi connectivity index (χ1v) is 3.45. The van der Waals surface area contributed by atoms with Crippen molar-refractivity contribution in [3.8, 4) is 5.75 Å². The average Bonchev–Trinajstić information content (AvgIpc) is 2.06. The van der Waals surface area contributed by atoms with Gasteiger partial charge in [-0.25, -0.2) is 0 Å². The molecule has 0 aliphatic heterocycles. The van der Waals surface area contributed by atoms with Crippen LogP contribution in [-0.4, -0.2) is 0 Å². The maximum atomic E-state index is 12.3. The maximum Gasteiger partial charge on any atom is 0.289 e. The molecule has 0 unspecified atom stereocenters. The lowest BCUT2D eigenvalue weighted by molar-refractivity contribution is 0.303. The molecule has 0 aromatic heterocycles. The van der Waals surface area contributed by atoms with E-state index in [4.69, 9.17) is 11.6 Å². The predicted molar refractivity (Wildman–Crippen MR) is 42.1 cm³/mol. The highest BCUT2D eigenvalue weighted by atomic mass is 35.5. The van der Waals surface area contributed by atoms with Gasteiger partial charge in [0.2, 0.25) is 0 Å². The van der Waals surface area contributed by atoms with E-state index < -0.39 is 6.01 Å². The van der Waals surface area contributed by atoms with Crippen molar-refractivity contribution in [2.24, 2.45) is 0 Å². The van der Waals surface area contributed by atoms with Crippen LogP contribution in [0.3, 0.4) is 0 Å². The van der Waals surface area contributed by atoms with Gasteiger partial charge in [-0.05, 0) is 12.1 Å². The van der Waals surface area contributed by atoms with Crippen LogP contribution in [0.1, 0.15) is 0 Å². The highest BCUT2D eigenvalue weighted by Gasteiger charge is 1.94. The quantitative estimate of drug-likeness (QED) is 0.623. The first-order chi connectivity index (χ1) is 5.33. The SMILES string of the molecule is FC(=CCl)Oc1ccccc1. The zero-order valence-corrected chi connectivity index (χ0v) is 6.38. The van der Waals surface area contributed by atoms with E-state index in [-0.39, 0.29) is 0 Å². The van der Waals surface area contributed by atoms with Gasteiger partial charge < -0.3 is 4.74 Å². The first-order valence-electron chi connectivity index (χ1n) is 3.01. The van der Waals surface area contributed by atoms with E-state index in [1.165, 1.54) is 0 Å². The topological polar surface area (TPSA) is 9.23 Å². The minimum atomic E-state index is -0.808. The summed E-state index contributed by atoms with van der Waals surface area (Å²) in [6, 6.07) is 7.78. The van der Waals surface area contributed by atoms with Gasteiger partial charge in [-0.3, -0.25) is 0 Å². The fourth-order valence-electron chi connectivity index (χ4n) is 0.623. The van der Waals surface area contributed by atoms with Gasteiger partial charge in [0.15, 0.2) is 0 Å². The third-order valence-electron chi connectivity index (χ3n) is 1.04. The van der Waals surface area contributed by atoms with Gasteiger partial charge in [0.25, 0.3) is 6.01 Å². The molecule has 1 aromatic rings. The van der Waals surface area contributed by atoms with Gasteiger partial charge in [-0.2, -0.15) is 4.39 Å². The molecule has 1 nitrogen and oxygen atoms in total. The van der Waals surface area contributed by atoms with E-state index in [1.807, 2.05) is 6.07 Å². The summed E-state index contributed by atoms with van der Waals surface area (Å²) >= 11 is 5.04. The van der Waals surface area contributed by atoms with Gasteiger partial charge in [-0.1, -0.05) is 29.8 Å². The van der Waals surface area contributed by atoms with Crippen molar-refractivity contribution in [1.82, 2.24) is 0 Å². The van der Waals surface area contributed by atoms with E-state index >= 15 is 0 Å². The second-order valence-corrected chi connectivity index (χ2v) is 2.05. The number of hydrogen-bond donors (Lipinski definition) is 0. The summed E-state index contributed by atoms with van der Waals surface area (Å²) in [4.78, 5) is 0. The molecule has 11 heavy (non-hydrogen) atoms. The molecule has 0 spiro atoms. The lowest BCUT2D eigenvalue weighted by atomic mass is 10.3. The molecule has 0 N–H and O–H groups in total. The van der Waals surface area contributed by atoms with E-state index in [1.54, 1.807) is 24.3 Å². The molecule has 0 amide bonds. The van der Waals surface area contributed by atoms with Crippen molar-refractivity contribution in [2.45, 2.75) is 0 Å². The first kappa shape index (κ1) is 8.08. The summed E-state index contributed by atoms with van der Waals surface area (Å²) in [5.41, 5.74) is 0.743. The predicted octanol–water partition coefficient (Wildman–Crippen LogP) is 3.07. The average molecular weight is 173 g/mol. The van der Waals surface area contributed by atoms with Gasteiger partial charge in [0.05, 0.1) is 5.54 Å². The second-order valence-electron chi connectivity index (χ2n) is 1.83. The van der Waals surface area contributed by atoms with E-state index in [9.17, 15) is 4.39 Å². The Kier molecular flexibility index (Phi) is 2.93. The molecule has 58 valence electrons. The van der Waals surface area contributed by atoms with Gasteiger partial charge in [0.1, 0.15) is 5.75 Å². The molecule has 0 bridgehead atoms. The summed E-state index contributed by atoms with van der Waals surface area (Å²) in [5, 5.41) is 0. The summed E-state index contributed by atoms with van der Waals surface area (Å²) < 4.78 is 17.0. The highest BCUT2D eigenvalue weighted by molar-refractivity contribution is 6.25. The number of hydrogen-bond acceptors (Lipinski definition) is 1. The molecule has 3 heteroatoms. The number of para-hydroxylation sites is 1. The lowest BCUT2D eigenvalue weighted by Crippen LogP contribution is -1.86. The minimum absolute atomic E-state index is 0.432. The Morgan fingerprint density at radius 3 is 2.55 bits per heavy atom. The van der Waals surface area contributed by atoms with Crippen LogP contribution in [0.5, 0.6) is 5.75 Å². The Morgan fingerprint density at radius 1 is 1.36 bits per heavy atom. The standard InChI is InChI=1S/C8H6ClFO/c9-6-8(10)11-7-4-2-1-3-5-7/h1-6H. The van der Waals surface area contributed by atoms with Crippen LogP contribution >= 0.6 is 11.6 Å². The zero-order valence-electron chi connectivity index (χ0n) is 5.63. The van der Waals surface area contributed by atoms with Crippen molar-refractivity contribution in [3.63, 3.8) is 0 Å². The number of benzene rings is 1. The fourth-order valence-corrected chi connectivity index (χ4v) is 0.668. The molecule has 0 aliphatic carbocycles. The third-order valence-corrected chi connectivity index (χ3v) is 1.22. The monoisotopic (exact) mass is 172 g/mol. The van der Waals surface area contributed by atoms with Crippen LogP contribution in [0, 0.1) is 0 Å². The fraction of sp³-hybridized carbons (Fsp3) is 0. The van der Waals surface area contributed by atoms with E-state index in [0.717, 1.165) is 5.54 Å². The Hall–Kier alpha value is -1.02.